The van der Waals surface area contributed by atoms with Gasteiger partial charge in [-0.3, -0.25) is 4.79 Å². The number of benzene rings is 2. The predicted molar refractivity (Wildman–Crippen MR) is 102 cm³/mol. The number of carbonyl (C=O) groups is 2. The largest absolute Gasteiger partial charge is 0.479 e. The van der Waals surface area contributed by atoms with E-state index < -0.39 is 12.1 Å². The number of rotatable bonds is 7. The third kappa shape index (κ3) is 4.63. The molecule has 0 saturated heterocycles. The van der Waals surface area contributed by atoms with Gasteiger partial charge >= 0.3 is 5.97 Å². The Labute approximate surface area is 154 Å². The highest BCUT2D eigenvalue weighted by molar-refractivity contribution is 6.05. The summed E-state index contributed by atoms with van der Waals surface area (Å²) in [5.74, 6) is -0.120. The minimum Gasteiger partial charge on any atom is -0.479 e. The third-order valence-corrected chi connectivity index (χ3v) is 4.20. The number of aryl methyl sites for hydroxylation is 2. The van der Waals surface area contributed by atoms with Gasteiger partial charge in [-0.2, -0.15) is 0 Å². The zero-order chi connectivity index (χ0) is 19.1. The summed E-state index contributed by atoms with van der Waals surface area (Å²) in [4.78, 5) is 24.0. The van der Waals surface area contributed by atoms with Crippen LogP contribution in [0.5, 0.6) is 5.75 Å². The molecule has 26 heavy (non-hydrogen) atoms. The van der Waals surface area contributed by atoms with E-state index in [1.807, 2.05) is 18.2 Å². The zero-order valence-corrected chi connectivity index (χ0v) is 15.7. The molecule has 0 bridgehead atoms. The SMILES string of the molecule is CCc1cccc(CC)c1NC(=O)c1ccc(O[C@@H](C)C(=O)OC)cc1. The molecule has 5 nitrogen and oxygen atoms in total. The molecule has 0 aliphatic rings. The Bertz CT molecular complexity index is 746. The van der Waals surface area contributed by atoms with E-state index in [0.29, 0.717) is 11.3 Å². The van der Waals surface area contributed by atoms with Gasteiger partial charge in [0.05, 0.1) is 7.11 Å². The van der Waals surface area contributed by atoms with Gasteiger partial charge in [0.15, 0.2) is 6.10 Å². The fourth-order valence-corrected chi connectivity index (χ4v) is 2.69. The van der Waals surface area contributed by atoms with Gasteiger partial charge < -0.3 is 14.8 Å². The Hall–Kier alpha value is -2.82. The van der Waals surface area contributed by atoms with Crippen molar-refractivity contribution in [2.75, 3.05) is 12.4 Å². The first-order chi connectivity index (χ1) is 12.5. The van der Waals surface area contributed by atoms with Crippen LogP contribution in [0.2, 0.25) is 0 Å². The van der Waals surface area contributed by atoms with Crippen molar-refractivity contribution in [3.8, 4) is 5.75 Å². The van der Waals surface area contributed by atoms with Crippen LogP contribution >= 0.6 is 0 Å². The fraction of sp³-hybridized carbons (Fsp3) is 0.333. The molecular formula is C21H25NO4. The summed E-state index contributed by atoms with van der Waals surface area (Å²) in [6, 6.07) is 12.8. The highest BCUT2D eigenvalue weighted by Gasteiger charge is 2.15. The first-order valence-corrected chi connectivity index (χ1v) is 8.76. The maximum atomic E-state index is 12.6. The molecule has 0 fully saturated rings. The summed E-state index contributed by atoms with van der Waals surface area (Å²) < 4.78 is 10.1. The van der Waals surface area contributed by atoms with Crippen LogP contribution in [-0.4, -0.2) is 25.1 Å². The van der Waals surface area contributed by atoms with Crippen LogP contribution in [0, 0.1) is 0 Å². The van der Waals surface area contributed by atoms with Crippen molar-refractivity contribution in [2.24, 2.45) is 0 Å². The van der Waals surface area contributed by atoms with Gasteiger partial charge in [0, 0.05) is 11.3 Å². The molecular weight excluding hydrogens is 330 g/mol. The molecule has 0 aromatic heterocycles. The lowest BCUT2D eigenvalue weighted by molar-refractivity contribution is -0.147. The van der Waals surface area contributed by atoms with E-state index in [1.54, 1.807) is 31.2 Å². The molecule has 0 aliphatic heterocycles. The first-order valence-electron chi connectivity index (χ1n) is 8.76. The van der Waals surface area contributed by atoms with Gasteiger partial charge in [0.1, 0.15) is 5.75 Å². The predicted octanol–water partition coefficient (Wildman–Crippen LogP) is 4.00. The number of esters is 1. The normalized spacial score (nSPS) is 11.5. The number of anilines is 1. The molecule has 0 saturated carbocycles. The Kier molecular flexibility index (Phi) is 6.78. The molecule has 1 atom stereocenters. The van der Waals surface area contributed by atoms with Crippen LogP contribution in [-0.2, 0) is 22.4 Å². The molecule has 0 unspecified atom stereocenters. The zero-order valence-electron chi connectivity index (χ0n) is 15.7. The summed E-state index contributed by atoms with van der Waals surface area (Å²) in [6.45, 7) is 5.75. The van der Waals surface area contributed by atoms with Crippen molar-refractivity contribution in [3.63, 3.8) is 0 Å². The van der Waals surface area contributed by atoms with Gasteiger partial charge in [0.25, 0.3) is 5.91 Å². The molecule has 5 heteroatoms. The maximum absolute atomic E-state index is 12.6. The molecule has 0 spiro atoms. The monoisotopic (exact) mass is 355 g/mol. The van der Waals surface area contributed by atoms with Crippen LogP contribution in [0.1, 0.15) is 42.3 Å². The molecule has 1 N–H and O–H groups in total. The lowest BCUT2D eigenvalue weighted by Gasteiger charge is -2.15. The second-order valence-electron chi connectivity index (χ2n) is 5.92. The fourth-order valence-electron chi connectivity index (χ4n) is 2.69. The standard InChI is InChI=1S/C21H25NO4/c1-5-15-8-7-9-16(6-2)19(15)22-20(23)17-10-12-18(13-11-17)26-14(3)21(24)25-4/h7-14H,5-6H2,1-4H3,(H,22,23)/t14-/m0/s1. The number of hydrogen-bond donors (Lipinski definition) is 1. The summed E-state index contributed by atoms with van der Waals surface area (Å²) >= 11 is 0. The van der Waals surface area contributed by atoms with E-state index in [2.05, 4.69) is 23.9 Å². The van der Waals surface area contributed by atoms with Crippen molar-refractivity contribution >= 4 is 17.6 Å². The van der Waals surface area contributed by atoms with E-state index in [1.165, 1.54) is 7.11 Å². The number of methoxy groups -OCH3 is 1. The van der Waals surface area contributed by atoms with Crippen molar-refractivity contribution < 1.29 is 19.1 Å². The van der Waals surface area contributed by atoms with Crippen LogP contribution in [0.25, 0.3) is 0 Å². The van der Waals surface area contributed by atoms with E-state index in [9.17, 15) is 9.59 Å². The smallest absolute Gasteiger partial charge is 0.346 e. The topological polar surface area (TPSA) is 64.6 Å². The molecule has 0 heterocycles. The average Bonchev–Trinajstić information content (AvgIpc) is 2.67. The molecule has 2 aromatic rings. The summed E-state index contributed by atoms with van der Waals surface area (Å²) in [5, 5.41) is 3.03. The number of amides is 1. The van der Waals surface area contributed by atoms with Crippen LogP contribution in [0.3, 0.4) is 0 Å². The molecule has 0 radical (unpaired) electrons. The maximum Gasteiger partial charge on any atom is 0.346 e. The minimum absolute atomic E-state index is 0.173. The Morgan fingerprint density at radius 3 is 2.08 bits per heavy atom. The quantitative estimate of drug-likeness (QED) is 0.762. The van der Waals surface area contributed by atoms with Crippen molar-refractivity contribution in [3.05, 3.63) is 59.2 Å². The molecule has 2 rings (SSSR count). The van der Waals surface area contributed by atoms with E-state index >= 15 is 0 Å². The highest BCUT2D eigenvalue weighted by Crippen LogP contribution is 2.24. The van der Waals surface area contributed by atoms with Gasteiger partial charge in [-0.1, -0.05) is 32.0 Å². The number of nitrogens with one attached hydrogen (secondary N) is 1. The first kappa shape index (κ1) is 19.5. The van der Waals surface area contributed by atoms with E-state index in [-0.39, 0.29) is 5.91 Å². The second-order valence-corrected chi connectivity index (χ2v) is 5.92. The molecule has 0 aliphatic carbocycles. The van der Waals surface area contributed by atoms with Crippen LogP contribution < -0.4 is 10.1 Å². The minimum atomic E-state index is -0.705. The van der Waals surface area contributed by atoms with E-state index in [4.69, 9.17) is 4.74 Å². The molecule has 1 amide bonds. The molecule has 138 valence electrons. The Morgan fingerprint density at radius 2 is 1.58 bits per heavy atom. The third-order valence-electron chi connectivity index (χ3n) is 4.20. The van der Waals surface area contributed by atoms with Crippen LogP contribution in [0.4, 0.5) is 5.69 Å². The Morgan fingerprint density at radius 1 is 1.00 bits per heavy atom. The number of ether oxygens (including phenoxy) is 2. The Balaban J connectivity index is 2.13. The van der Waals surface area contributed by atoms with Crippen molar-refractivity contribution in [2.45, 2.75) is 39.7 Å². The van der Waals surface area contributed by atoms with Gasteiger partial charge in [0.2, 0.25) is 0 Å². The van der Waals surface area contributed by atoms with Crippen molar-refractivity contribution in [1.29, 1.82) is 0 Å². The number of carbonyl (C=O) groups excluding carboxylic acids is 2. The van der Waals surface area contributed by atoms with E-state index in [0.717, 1.165) is 29.7 Å². The second kappa shape index (κ2) is 9.04. The summed E-state index contributed by atoms with van der Waals surface area (Å²) in [6.07, 6.45) is 0.992. The lowest BCUT2D eigenvalue weighted by atomic mass is 10.0. The van der Waals surface area contributed by atoms with Gasteiger partial charge in [-0.15, -0.1) is 0 Å². The average molecular weight is 355 g/mol. The highest BCUT2D eigenvalue weighted by atomic mass is 16.6. The summed E-state index contributed by atoms with van der Waals surface area (Å²) in [5.41, 5.74) is 3.65. The molecule has 2 aromatic carbocycles. The number of para-hydroxylation sites is 1. The number of hydrogen-bond acceptors (Lipinski definition) is 4. The van der Waals surface area contributed by atoms with Gasteiger partial charge in [-0.25, -0.2) is 4.79 Å². The van der Waals surface area contributed by atoms with Crippen molar-refractivity contribution in [1.82, 2.24) is 0 Å². The lowest BCUT2D eigenvalue weighted by Crippen LogP contribution is -2.24. The van der Waals surface area contributed by atoms with Crippen LogP contribution in [0.15, 0.2) is 42.5 Å². The van der Waals surface area contributed by atoms with Gasteiger partial charge in [-0.05, 0) is 55.2 Å². The summed E-state index contributed by atoms with van der Waals surface area (Å²) in [7, 11) is 1.31.